The van der Waals surface area contributed by atoms with Crippen LogP contribution in [0.5, 0.6) is 0 Å². The number of nitrogens with two attached hydrogens (primary N) is 1. The van der Waals surface area contributed by atoms with Gasteiger partial charge in [-0.05, 0) is 23.8 Å². The van der Waals surface area contributed by atoms with Crippen LogP contribution >= 0.6 is 23.4 Å². The molecule has 2 nitrogen and oxygen atoms in total. The summed E-state index contributed by atoms with van der Waals surface area (Å²) in [5.74, 6) is 1.38. The summed E-state index contributed by atoms with van der Waals surface area (Å²) in [6, 6.07) is 11.7. The van der Waals surface area contributed by atoms with Gasteiger partial charge in [0.2, 0.25) is 0 Å². The van der Waals surface area contributed by atoms with Crippen LogP contribution in [0.1, 0.15) is 5.56 Å². The van der Waals surface area contributed by atoms with E-state index in [1.165, 1.54) is 0 Å². The fraction of sp³-hybridized carbons (Fsp3) is 0.0833. The number of benzene rings is 1. The number of nitrogens with zero attached hydrogens (tertiary/aromatic N) is 1. The molecular weight excluding hydrogens is 240 g/mol. The maximum Gasteiger partial charge on any atom is 0.124 e. The predicted octanol–water partition coefficient (Wildman–Crippen LogP) is 3.61. The van der Waals surface area contributed by atoms with Gasteiger partial charge in [-0.1, -0.05) is 29.8 Å². The molecule has 0 atom stereocenters. The molecule has 1 heterocycles. The Kier molecular flexibility index (Phi) is 3.70. The van der Waals surface area contributed by atoms with Gasteiger partial charge in [-0.25, -0.2) is 4.98 Å². The van der Waals surface area contributed by atoms with E-state index in [0.29, 0.717) is 5.82 Å². The van der Waals surface area contributed by atoms with Crippen molar-refractivity contribution in [3.05, 3.63) is 53.2 Å². The molecule has 2 N–H and O–H groups in total. The van der Waals surface area contributed by atoms with Crippen molar-refractivity contribution in [3.8, 4) is 0 Å². The van der Waals surface area contributed by atoms with Gasteiger partial charge in [0.25, 0.3) is 0 Å². The van der Waals surface area contributed by atoms with Gasteiger partial charge < -0.3 is 5.73 Å². The molecule has 0 spiro atoms. The molecule has 0 fully saturated rings. The van der Waals surface area contributed by atoms with E-state index in [1.807, 2.05) is 36.4 Å². The van der Waals surface area contributed by atoms with Crippen molar-refractivity contribution in [1.29, 1.82) is 0 Å². The average molecular weight is 251 g/mol. The van der Waals surface area contributed by atoms with Crippen LogP contribution < -0.4 is 5.73 Å². The van der Waals surface area contributed by atoms with Gasteiger partial charge in [0.15, 0.2) is 0 Å². The lowest BCUT2D eigenvalue weighted by molar-refractivity contribution is 1.27. The number of halogens is 1. The van der Waals surface area contributed by atoms with Gasteiger partial charge in [0, 0.05) is 21.9 Å². The standard InChI is InChI=1S/C12H11ClN2S/c13-11-4-2-1-3-9(11)8-16-10-5-6-15-12(14)7-10/h1-7H,8H2,(H2,14,15). The summed E-state index contributed by atoms with van der Waals surface area (Å²) >= 11 is 7.77. The molecule has 0 aliphatic carbocycles. The van der Waals surface area contributed by atoms with E-state index in [9.17, 15) is 0 Å². The van der Waals surface area contributed by atoms with E-state index in [2.05, 4.69) is 4.98 Å². The van der Waals surface area contributed by atoms with Gasteiger partial charge in [-0.3, -0.25) is 0 Å². The highest BCUT2D eigenvalue weighted by atomic mass is 35.5. The molecule has 0 aliphatic rings. The molecule has 0 saturated heterocycles. The number of hydrogen-bond donors (Lipinski definition) is 1. The van der Waals surface area contributed by atoms with Crippen LogP contribution in [0.15, 0.2) is 47.5 Å². The summed E-state index contributed by atoms with van der Waals surface area (Å²) in [7, 11) is 0. The SMILES string of the molecule is Nc1cc(SCc2ccccc2Cl)ccn1. The average Bonchev–Trinajstić information content (AvgIpc) is 2.28. The smallest absolute Gasteiger partial charge is 0.124 e. The minimum absolute atomic E-state index is 0.546. The van der Waals surface area contributed by atoms with Gasteiger partial charge in [0.05, 0.1) is 0 Å². The molecule has 2 rings (SSSR count). The van der Waals surface area contributed by atoms with Crippen molar-refractivity contribution in [2.24, 2.45) is 0 Å². The number of pyridine rings is 1. The minimum atomic E-state index is 0.546. The lowest BCUT2D eigenvalue weighted by Gasteiger charge is -2.04. The Bertz CT molecular complexity index is 488. The molecule has 1 aromatic carbocycles. The van der Waals surface area contributed by atoms with E-state index in [1.54, 1.807) is 18.0 Å². The van der Waals surface area contributed by atoms with Gasteiger partial charge in [0.1, 0.15) is 5.82 Å². The quantitative estimate of drug-likeness (QED) is 0.846. The third-order valence-electron chi connectivity index (χ3n) is 2.10. The number of rotatable bonds is 3. The first-order chi connectivity index (χ1) is 7.75. The lowest BCUT2D eigenvalue weighted by atomic mass is 10.2. The fourth-order valence-corrected chi connectivity index (χ4v) is 2.51. The molecule has 0 amide bonds. The Labute approximate surface area is 104 Å². The van der Waals surface area contributed by atoms with Gasteiger partial charge >= 0.3 is 0 Å². The second-order valence-electron chi connectivity index (χ2n) is 3.30. The van der Waals surface area contributed by atoms with Crippen LogP contribution in [0.2, 0.25) is 5.02 Å². The number of anilines is 1. The van der Waals surface area contributed by atoms with Crippen LogP contribution in [0.4, 0.5) is 5.82 Å². The van der Waals surface area contributed by atoms with E-state index in [4.69, 9.17) is 17.3 Å². The molecule has 2 aromatic rings. The molecule has 0 radical (unpaired) electrons. The minimum Gasteiger partial charge on any atom is -0.384 e. The van der Waals surface area contributed by atoms with Crippen molar-refractivity contribution >= 4 is 29.2 Å². The van der Waals surface area contributed by atoms with Crippen LogP contribution in [0.25, 0.3) is 0 Å². The largest absolute Gasteiger partial charge is 0.384 e. The molecule has 4 heteroatoms. The first kappa shape index (κ1) is 11.3. The van der Waals surface area contributed by atoms with E-state index >= 15 is 0 Å². The highest BCUT2D eigenvalue weighted by Gasteiger charge is 2.00. The maximum absolute atomic E-state index is 6.07. The summed E-state index contributed by atoms with van der Waals surface area (Å²) in [6.45, 7) is 0. The summed E-state index contributed by atoms with van der Waals surface area (Å²) in [6.07, 6.45) is 1.71. The van der Waals surface area contributed by atoms with Gasteiger partial charge in [-0.15, -0.1) is 11.8 Å². The van der Waals surface area contributed by atoms with Crippen LogP contribution in [-0.2, 0) is 5.75 Å². The molecule has 16 heavy (non-hydrogen) atoms. The highest BCUT2D eigenvalue weighted by molar-refractivity contribution is 7.98. The maximum atomic E-state index is 6.07. The first-order valence-corrected chi connectivity index (χ1v) is 6.20. The first-order valence-electron chi connectivity index (χ1n) is 4.83. The molecule has 0 bridgehead atoms. The normalized spacial score (nSPS) is 10.3. The van der Waals surface area contributed by atoms with E-state index in [0.717, 1.165) is 21.2 Å². The number of hydrogen-bond acceptors (Lipinski definition) is 3. The fourth-order valence-electron chi connectivity index (χ4n) is 1.29. The third kappa shape index (κ3) is 2.90. The second-order valence-corrected chi connectivity index (χ2v) is 4.75. The molecule has 82 valence electrons. The Balaban J connectivity index is 2.05. The Hall–Kier alpha value is -1.19. The summed E-state index contributed by atoms with van der Waals surface area (Å²) < 4.78 is 0. The number of thioether (sulfide) groups is 1. The Morgan fingerprint density at radius 2 is 2.06 bits per heavy atom. The molecular formula is C12H11ClN2S. The zero-order chi connectivity index (χ0) is 11.4. The number of aromatic nitrogens is 1. The van der Waals surface area contributed by atoms with Crippen molar-refractivity contribution < 1.29 is 0 Å². The molecule has 0 saturated carbocycles. The van der Waals surface area contributed by atoms with Crippen molar-refractivity contribution in [2.45, 2.75) is 10.6 Å². The van der Waals surface area contributed by atoms with Crippen LogP contribution in [0, 0.1) is 0 Å². The van der Waals surface area contributed by atoms with Crippen molar-refractivity contribution in [2.75, 3.05) is 5.73 Å². The lowest BCUT2D eigenvalue weighted by Crippen LogP contribution is -1.89. The Morgan fingerprint density at radius 1 is 1.25 bits per heavy atom. The monoisotopic (exact) mass is 250 g/mol. The number of nitrogen functional groups attached to an aromatic ring is 1. The highest BCUT2D eigenvalue weighted by Crippen LogP contribution is 2.26. The summed E-state index contributed by atoms with van der Waals surface area (Å²) in [5, 5.41) is 0.803. The van der Waals surface area contributed by atoms with Crippen molar-refractivity contribution in [3.63, 3.8) is 0 Å². The van der Waals surface area contributed by atoms with Crippen LogP contribution in [-0.4, -0.2) is 4.98 Å². The van der Waals surface area contributed by atoms with E-state index < -0.39 is 0 Å². The molecule has 1 aromatic heterocycles. The third-order valence-corrected chi connectivity index (χ3v) is 3.52. The second kappa shape index (κ2) is 5.23. The molecule has 0 unspecified atom stereocenters. The Morgan fingerprint density at radius 3 is 2.81 bits per heavy atom. The summed E-state index contributed by atoms with van der Waals surface area (Å²) in [5.41, 5.74) is 6.74. The molecule has 0 aliphatic heterocycles. The van der Waals surface area contributed by atoms with Crippen LogP contribution in [0.3, 0.4) is 0 Å². The van der Waals surface area contributed by atoms with Gasteiger partial charge in [-0.2, -0.15) is 0 Å². The zero-order valence-electron chi connectivity index (χ0n) is 8.56. The van der Waals surface area contributed by atoms with Crippen molar-refractivity contribution in [1.82, 2.24) is 4.98 Å². The topological polar surface area (TPSA) is 38.9 Å². The summed E-state index contributed by atoms with van der Waals surface area (Å²) in [4.78, 5) is 5.05. The predicted molar refractivity (Wildman–Crippen MR) is 69.7 cm³/mol. The zero-order valence-corrected chi connectivity index (χ0v) is 10.1. The van der Waals surface area contributed by atoms with E-state index in [-0.39, 0.29) is 0 Å².